The van der Waals surface area contributed by atoms with Gasteiger partial charge in [-0.05, 0) is 78.4 Å². The number of nitrogens with two attached hydrogens (primary N) is 1. The summed E-state index contributed by atoms with van der Waals surface area (Å²) in [6.07, 6.45) is 7.34. The van der Waals surface area contributed by atoms with E-state index in [9.17, 15) is 8.78 Å². The van der Waals surface area contributed by atoms with Crippen LogP contribution in [0.4, 0.5) is 14.5 Å². The number of imidazole rings is 1. The van der Waals surface area contributed by atoms with Crippen LogP contribution in [-0.4, -0.2) is 28.1 Å². The van der Waals surface area contributed by atoms with Crippen molar-refractivity contribution < 1.29 is 8.78 Å². The number of hydrogen-bond donors (Lipinski definition) is 2. The Morgan fingerprint density at radius 1 is 1.15 bits per heavy atom. The van der Waals surface area contributed by atoms with E-state index in [-0.39, 0.29) is 0 Å². The SMILES string of the molecule is CN=CC(=CN)c1ccc2c(c1)ncn2-c1cc(NSC2CC2)cc(-c2ccc(F)cc2F)c1. The molecule has 0 saturated heterocycles. The maximum Gasteiger partial charge on any atom is 0.133 e. The lowest BCUT2D eigenvalue weighted by Crippen LogP contribution is -1.98. The highest BCUT2D eigenvalue weighted by Crippen LogP contribution is 2.37. The fraction of sp³-hybridized carbons (Fsp3) is 0.154. The zero-order valence-corrected chi connectivity index (χ0v) is 19.3. The third-order valence-electron chi connectivity index (χ3n) is 5.63. The van der Waals surface area contributed by atoms with Crippen molar-refractivity contribution in [1.29, 1.82) is 0 Å². The Morgan fingerprint density at radius 3 is 2.74 bits per heavy atom. The molecular formula is C26H23F2N5S. The summed E-state index contributed by atoms with van der Waals surface area (Å²) in [5, 5.41) is 0.596. The Kier molecular flexibility index (Phi) is 6.06. The van der Waals surface area contributed by atoms with Crippen LogP contribution in [0.25, 0.3) is 33.4 Å². The van der Waals surface area contributed by atoms with E-state index in [1.807, 2.05) is 41.0 Å². The van der Waals surface area contributed by atoms with E-state index in [0.717, 1.165) is 39.6 Å². The number of nitrogens with zero attached hydrogens (tertiary/aromatic N) is 3. The van der Waals surface area contributed by atoms with Gasteiger partial charge in [0.2, 0.25) is 0 Å². The number of aromatic nitrogens is 2. The van der Waals surface area contributed by atoms with Gasteiger partial charge in [-0.2, -0.15) is 0 Å². The van der Waals surface area contributed by atoms with Crippen LogP contribution in [0.3, 0.4) is 0 Å². The maximum atomic E-state index is 14.6. The summed E-state index contributed by atoms with van der Waals surface area (Å²) >= 11 is 1.67. The molecule has 1 fully saturated rings. The van der Waals surface area contributed by atoms with Gasteiger partial charge in [-0.15, -0.1) is 0 Å². The molecule has 1 saturated carbocycles. The summed E-state index contributed by atoms with van der Waals surface area (Å²) in [6.45, 7) is 0. The molecule has 0 atom stereocenters. The van der Waals surface area contributed by atoms with Crippen LogP contribution in [0.15, 0.2) is 72.1 Å². The number of hydrogen-bond acceptors (Lipinski definition) is 5. The van der Waals surface area contributed by atoms with Gasteiger partial charge in [0.25, 0.3) is 0 Å². The molecule has 0 radical (unpaired) electrons. The highest BCUT2D eigenvalue weighted by atomic mass is 32.2. The minimum Gasteiger partial charge on any atom is -0.404 e. The third kappa shape index (κ3) is 4.54. The summed E-state index contributed by atoms with van der Waals surface area (Å²) in [5.41, 5.74) is 11.8. The van der Waals surface area contributed by atoms with Crippen LogP contribution in [0.5, 0.6) is 0 Å². The molecule has 5 nitrogen and oxygen atoms in total. The van der Waals surface area contributed by atoms with Crippen LogP contribution >= 0.6 is 11.9 Å². The van der Waals surface area contributed by atoms with E-state index in [0.29, 0.717) is 16.4 Å². The highest BCUT2D eigenvalue weighted by molar-refractivity contribution is 8.01. The van der Waals surface area contributed by atoms with Gasteiger partial charge < -0.3 is 10.5 Å². The van der Waals surface area contributed by atoms with E-state index in [4.69, 9.17) is 5.73 Å². The predicted molar refractivity (Wildman–Crippen MR) is 137 cm³/mol. The van der Waals surface area contributed by atoms with E-state index >= 15 is 0 Å². The molecule has 0 amide bonds. The Morgan fingerprint density at radius 2 is 2.00 bits per heavy atom. The summed E-state index contributed by atoms with van der Waals surface area (Å²) in [7, 11) is 1.70. The lowest BCUT2D eigenvalue weighted by molar-refractivity contribution is 0.585. The first-order valence-corrected chi connectivity index (χ1v) is 11.8. The summed E-state index contributed by atoms with van der Waals surface area (Å²) in [5.74, 6) is -1.20. The third-order valence-corrected chi connectivity index (χ3v) is 6.79. The molecule has 3 N–H and O–H groups in total. The second-order valence-corrected chi connectivity index (χ2v) is 9.25. The first-order chi connectivity index (χ1) is 16.6. The number of nitrogens with one attached hydrogen (secondary N) is 1. The molecule has 0 unspecified atom stereocenters. The average molecular weight is 476 g/mol. The molecule has 5 rings (SSSR count). The van der Waals surface area contributed by atoms with Crippen molar-refractivity contribution >= 4 is 40.5 Å². The Balaban J connectivity index is 1.59. The van der Waals surface area contributed by atoms with Crippen molar-refractivity contribution in [2.45, 2.75) is 18.1 Å². The van der Waals surface area contributed by atoms with Gasteiger partial charge >= 0.3 is 0 Å². The van der Waals surface area contributed by atoms with Gasteiger partial charge in [-0.1, -0.05) is 6.07 Å². The quantitative estimate of drug-likeness (QED) is 0.247. The van der Waals surface area contributed by atoms with E-state index < -0.39 is 11.6 Å². The van der Waals surface area contributed by atoms with Crippen molar-refractivity contribution in [2.24, 2.45) is 10.7 Å². The first-order valence-electron chi connectivity index (χ1n) is 10.9. The molecule has 0 spiro atoms. The Bertz CT molecular complexity index is 1420. The molecule has 1 aliphatic carbocycles. The number of aliphatic imine (C=N–C) groups is 1. The molecule has 1 heterocycles. The van der Waals surface area contributed by atoms with Gasteiger partial charge in [-0.3, -0.25) is 9.56 Å². The molecule has 1 aromatic heterocycles. The smallest absolute Gasteiger partial charge is 0.133 e. The van der Waals surface area contributed by atoms with Crippen molar-refractivity contribution in [3.05, 3.63) is 84.3 Å². The monoisotopic (exact) mass is 475 g/mol. The lowest BCUT2D eigenvalue weighted by Gasteiger charge is -2.13. The summed E-state index contributed by atoms with van der Waals surface area (Å²) < 4.78 is 33.5. The highest BCUT2D eigenvalue weighted by Gasteiger charge is 2.22. The van der Waals surface area contributed by atoms with Crippen LogP contribution in [0, 0.1) is 11.6 Å². The standard InChI is InChI=1S/C26H23F2N5S/c1-30-14-18(13-29)16-2-7-26-25(10-16)31-15-33(26)21-9-17(23-6-3-19(27)11-24(23)28)8-20(12-21)32-34-22-4-5-22/h2-3,6-15,22,32H,4-5,29H2,1H3. The fourth-order valence-corrected chi connectivity index (χ4v) is 4.57. The predicted octanol–water partition coefficient (Wildman–Crippen LogP) is 6.19. The van der Waals surface area contributed by atoms with Gasteiger partial charge in [-0.25, -0.2) is 13.8 Å². The first kappa shape index (κ1) is 22.2. The molecule has 0 aliphatic heterocycles. The minimum absolute atomic E-state index is 0.339. The van der Waals surface area contributed by atoms with Crippen LogP contribution in [-0.2, 0) is 0 Å². The number of rotatable bonds is 7. The van der Waals surface area contributed by atoms with Gasteiger partial charge in [0, 0.05) is 53.3 Å². The normalized spacial score (nSPS) is 14.3. The largest absolute Gasteiger partial charge is 0.404 e. The molecule has 3 aromatic carbocycles. The van der Waals surface area contributed by atoms with Gasteiger partial charge in [0.05, 0.1) is 11.0 Å². The van der Waals surface area contributed by atoms with E-state index in [1.165, 1.54) is 31.2 Å². The van der Waals surface area contributed by atoms with E-state index in [1.54, 1.807) is 31.5 Å². The summed E-state index contributed by atoms with van der Waals surface area (Å²) in [6, 6.07) is 15.3. The van der Waals surface area contributed by atoms with Crippen LogP contribution < -0.4 is 10.5 Å². The average Bonchev–Trinajstić information content (AvgIpc) is 3.57. The van der Waals surface area contributed by atoms with Crippen molar-refractivity contribution in [2.75, 3.05) is 11.8 Å². The van der Waals surface area contributed by atoms with Gasteiger partial charge in [0.1, 0.15) is 18.0 Å². The minimum atomic E-state index is -0.601. The summed E-state index contributed by atoms with van der Waals surface area (Å²) in [4.78, 5) is 8.63. The molecule has 172 valence electrons. The number of benzene rings is 3. The van der Waals surface area contributed by atoms with Gasteiger partial charge in [0.15, 0.2) is 0 Å². The molecule has 8 heteroatoms. The zero-order valence-electron chi connectivity index (χ0n) is 18.5. The Hall–Kier alpha value is -3.65. The van der Waals surface area contributed by atoms with Crippen molar-refractivity contribution in [1.82, 2.24) is 9.55 Å². The lowest BCUT2D eigenvalue weighted by atomic mass is 10.0. The number of anilines is 1. The van der Waals surface area contributed by atoms with Crippen LogP contribution in [0.2, 0.25) is 0 Å². The van der Waals surface area contributed by atoms with Crippen molar-refractivity contribution in [3.8, 4) is 16.8 Å². The van der Waals surface area contributed by atoms with Crippen LogP contribution in [0.1, 0.15) is 18.4 Å². The van der Waals surface area contributed by atoms with E-state index in [2.05, 4.69) is 14.7 Å². The zero-order chi connectivity index (χ0) is 23.7. The Labute approximate surface area is 200 Å². The second-order valence-electron chi connectivity index (χ2n) is 8.14. The molecule has 4 aromatic rings. The molecule has 1 aliphatic rings. The maximum absolute atomic E-state index is 14.6. The fourth-order valence-electron chi connectivity index (χ4n) is 3.78. The van der Waals surface area contributed by atoms with Crippen molar-refractivity contribution in [3.63, 3.8) is 0 Å². The number of allylic oxidation sites excluding steroid dienone is 1. The second kappa shape index (κ2) is 9.30. The molecule has 34 heavy (non-hydrogen) atoms. The number of halogens is 2. The molecule has 0 bridgehead atoms. The number of fused-ring (bicyclic) bond motifs is 1. The topological polar surface area (TPSA) is 68.2 Å². The molecular weight excluding hydrogens is 452 g/mol.